The smallest absolute Gasteiger partial charge is 0.137 e. The molecule has 0 amide bonds. The summed E-state index contributed by atoms with van der Waals surface area (Å²) >= 11 is 0. The molecule has 0 unspecified atom stereocenters. The molecule has 10 heteroatoms. The van der Waals surface area contributed by atoms with Crippen LogP contribution in [0.3, 0.4) is 0 Å². The number of nitrogens with zero attached hydrogens (tertiary/aromatic N) is 8. The summed E-state index contributed by atoms with van der Waals surface area (Å²) in [4.78, 5) is 0. The second-order valence-corrected chi connectivity index (χ2v) is 32.2. The van der Waals surface area contributed by atoms with Gasteiger partial charge in [-0.15, -0.1) is 0 Å². The van der Waals surface area contributed by atoms with E-state index in [1.165, 1.54) is 33.2 Å². The third kappa shape index (κ3) is 8.68. The SMILES string of the molecule is CC1(C)c2ccccc2-c2c1ccc1c2c2ccccc2n1-c1cc(C#N)ccc1-c1ccc(C#N)cc1-n1c2ccccc2c2c3c(ccc21)C(C)(C)c1cc(-c2cc(-c4ccc(C#N)cc4-n4c5ccccc5c5cc6c(cc54)oc4ccccc46)c(-n4c5ccccc5c5cc6c(cc54)oc4ccccc46)cc2C#N)ccc1-3. The highest BCUT2D eigenvalue weighted by atomic mass is 16.3. The van der Waals surface area contributed by atoms with E-state index in [4.69, 9.17) is 8.83 Å². The largest absolute Gasteiger partial charge is 0.456 e. The zero-order valence-corrected chi connectivity index (χ0v) is 63.3. The first-order valence-corrected chi connectivity index (χ1v) is 39.2. The summed E-state index contributed by atoms with van der Waals surface area (Å²) in [5.41, 5.74) is 29.9. The van der Waals surface area contributed by atoms with Crippen molar-refractivity contribution in [2.75, 3.05) is 0 Å². The third-order valence-electron chi connectivity index (χ3n) is 25.7. The van der Waals surface area contributed by atoms with Gasteiger partial charge in [0.2, 0.25) is 0 Å². The Morgan fingerprint density at radius 3 is 1.11 bits per heavy atom. The van der Waals surface area contributed by atoms with Gasteiger partial charge in [-0.1, -0.05) is 204 Å². The van der Waals surface area contributed by atoms with Crippen molar-refractivity contribution in [1.82, 2.24) is 18.3 Å². The Morgan fingerprint density at radius 1 is 0.241 bits per heavy atom. The number of para-hydroxylation sites is 6. The molecule has 0 saturated heterocycles. The molecule has 0 N–H and O–H groups in total. The summed E-state index contributed by atoms with van der Waals surface area (Å²) in [6.07, 6.45) is 0. The van der Waals surface area contributed by atoms with Crippen LogP contribution in [0, 0.1) is 45.3 Å². The van der Waals surface area contributed by atoms with Crippen molar-refractivity contribution in [3.8, 4) is 103 Å². The van der Waals surface area contributed by atoms with Gasteiger partial charge in [-0.25, -0.2) is 0 Å². The van der Waals surface area contributed by atoms with Gasteiger partial charge in [0.1, 0.15) is 22.3 Å². The van der Waals surface area contributed by atoms with E-state index in [2.05, 4.69) is 301 Å². The first-order chi connectivity index (χ1) is 56.9. The topological polar surface area (TPSA) is 141 Å². The van der Waals surface area contributed by atoms with Crippen LogP contribution < -0.4 is 0 Å². The van der Waals surface area contributed by atoms with Gasteiger partial charge in [-0.05, 0) is 165 Å². The van der Waals surface area contributed by atoms with Gasteiger partial charge in [-0.3, -0.25) is 0 Å². The molecule has 0 fully saturated rings. The molecule has 6 aromatic heterocycles. The van der Waals surface area contributed by atoms with Crippen LogP contribution in [0.1, 0.15) is 72.2 Å². The molecule has 22 aromatic rings. The van der Waals surface area contributed by atoms with Crippen molar-refractivity contribution in [3.05, 3.63) is 348 Å². The fourth-order valence-corrected chi connectivity index (χ4v) is 20.5. The number of benzene rings is 16. The molecule has 6 heterocycles. The lowest BCUT2D eigenvalue weighted by Gasteiger charge is -2.23. The highest BCUT2D eigenvalue weighted by Crippen LogP contribution is 2.58. The molecule has 2 aliphatic rings. The average Bonchev–Trinajstić information content (AvgIpc) is 1.54. The number of rotatable bonds is 7. The van der Waals surface area contributed by atoms with Crippen LogP contribution >= 0.6 is 0 Å². The van der Waals surface area contributed by atoms with Gasteiger partial charge in [0.15, 0.2) is 0 Å². The summed E-state index contributed by atoms with van der Waals surface area (Å²) in [7, 11) is 0. The maximum Gasteiger partial charge on any atom is 0.137 e. The predicted molar refractivity (Wildman–Crippen MR) is 469 cm³/mol. The second kappa shape index (κ2) is 23.4. The van der Waals surface area contributed by atoms with Crippen molar-refractivity contribution in [3.63, 3.8) is 0 Å². The first kappa shape index (κ1) is 65.0. The second-order valence-electron chi connectivity index (χ2n) is 32.2. The molecule has 24 rings (SSSR count). The number of aromatic nitrogens is 4. The van der Waals surface area contributed by atoms with E-state index in [0.29, 0.717) is 22.3 Å². The molecular formula is C106H62N8O2. The van der Waals surface area contributed by atoms with Crippen LogP contribution in [0.25, 0.3) is 209 Å². The van der Waals surface area contributed by atoms with Crippen LogP contribution in [0.15, 0.2) is 312 Å². The van der Waals surface area contributed by atoms with E-state index in [1.807, 2.05) is 72.8 Å². The maximum atomic E-state index is 12.0. The van der Waals surface area contributed by atoms with Crippen molar-refractivity contribution in [2.24, 2.45) is 0 Å². The first-order valence-electron chi connectivity index (χ1n) is 39.2. The van der Waals surface area contributed by atoms with E-state index in [-0.39, 0.29) is 5.41 Å². The Morgan fingerprint density at radius 2 is 0.629 bits per heavy atom. The standard InChI is InChI=1S/C106H62N8O2/c1-105(2)81-26-12-5-23-71(81)101-82(105)41-43-89-103(101)73-24-8-15-29-87(73)111(89)91-45-59(55-107)33-37-66(91)67-38-34-60(56-108)46-92(67)112-88-30-16-9-25-74(88)104-90(112)44-42-83-102(104)72-40-36-62(48-84(72)106(83,3)4)75-50-76(94(49-63(75)58-110)114-86-28-14-7-20-65(86)78-52-80-70-22-11-18-32-98(70)116-100(80)54-96(78)114)68-39-35-61(57-109)47-93(68)113-85-27-13-6-19-64(85)77-51-79-69-21-10-17-31-97(69)115-99(79)53-95(77)113/h5-54H,1-4H3. The van der Waals surface area contributed by atoms with E-state index in [1.54, 1.807) is 0 Å². The number of fused-ring (bicyclic) bond motifs is 26. The number of hydrogen-bond acceptors (Lipinski definition) is 6. The van der Waals surface area contributed by atoms with Gasteiger partial charge in [0.05, 0.1) is 113 Å². The fourth-order valence-electron chi connectivity index (χ4n) is 20.5. The van der Waals surface area contributed by atoms with Gasteiger partial charge in [0.25, 0.3) is 0 Å². The van der Waals surface area contributed by atoms with Gasteiger partial charge in [-0.2, -0.15) is 21.0 Å². The monoisotopic (exact) mass is 1480 g/mol. The van der Waals surface area contributed by atoms with Crippen LogP contribution in [0.4, 0.5) is 0 Å². The van der Waals surface area contributed by atoms with E-state index < -0.39 is 5.41 Å². The summed E-state index contributed by atoms with van der Waals surface area (Å²) in [5, 5.41) is 57.6. The molecule has 16 aromatic carbocycles. The molecule has 116 heavy (non-hydrogen) atoms. The van der Waals surface area contributed by atoms with Crippen molar-refractivity contribution in [1.29, 1.82) is 21.0 Å². The van der Waals surface area contributed by atoms with Crippen molar-refractivity contribution >= 4 is 131 Å². The van der Waals surface area contributed by atoms with Gasteiger partial charge < -0.3 is 27.1 Å². The highest BCUT2D eigenvalue weighted by Gasteiger charge is 2.41. The van der Waals surface area contributed by atoms with Crippen LogP contribution in [0.5, 0.6) is 0 Å². The highest BCUT2D eigenvalue weighted by molar-refractivity contribution is 6.23. The van der Waals surface area contributed by atoms with Crippen LogP contribution in [0.2, 0.25) is 0 Å². The number of hydrogen-bond donors (Lipinski definition) is 0. The molecule has 2 aliphatic carbocycles. The summed E-state index contributed by atoms with van der Waals surface area (Å²) in [5.74, 6) is 0. The lowest BCUT2D eigenvalue weighted by molar-refractivity contribution is 0.661. The molecule has 0 atom stereocenters. The maximum absolute atomic E-state index is 12.0. The molecule has 0 aliphatic heterocycles. The van der Waals surface area contributed by atoms with E-state index >= 15 is 0 Å². The molecule has 0 saturated carbocycles. The zero-order valence-electron chi connectivity index (χ0n) is 63.3. The Hall–Kier alpha value is -15.7. The Balaban J connectivity index is 0.722. The van der Waals surface area contributed by atoms with Gasteiger partial charge in [0, 0.05) is 115 Å². The summed E-state index contributed by atoms with van der Waals surface area (Å²) in [6, 6.07) is 117. The summed E-state index contributed by atoms with van der Waals surface area (Å²) < 4.78 is 22.7. The molecule has 10 nitrogen and oxygen atoms in total. The lowest BCUT2D eigenvalue weighted by Crippen LogP contribution is -2.15. The molecule has 0 spiro atoms. The zero-order chi connectivity index (χ0) is 77.5. The van der Waals surface area contributed by atoms with Crippen molar-refractivity contribution in [2.45, 2.75) is 38.5 Å². The third-order valence-corrected chi connectivity index (χ3v) is 25.7. The minimum atomic E-state index is -0.551. The minimum absolute atomic E-state index is 0.218. The Kier molecular flexibility index (Phi) is 13.1. The minimum Gasteiger partial charge on any atom is -0.456 e. The van der Waals surface area contributed by atoms with Crippen LogP contribution in [-0.4, -0.2) is 18.3 Å². The summed E-state index contributed by atoms with van der Waals surface area (Å²) in [6.45, 7) is 9.26. The fraction of sp³-hybridized carbons (Fsp3) is 0.0566. The van der Waals surface area contributed by atoms with E-state index in [9.17, 15) is 21.0 Å². The molecular weight excluding hydrogens is 1420 g/mol. The quantitative estimate of drug-likeness (QED) is 0.156. The Bertz CT molecular complexity index is 8480. The average molecular weight is 1480 g/mol. The Labute approximate surface area is 664 Å². The van der Waals surface area contributed by atoms with E-state index in [0.717, 1.165) is 199 Å². The lowest BCUT2D eigenvalue weighted by atomic mass is 9.81. The molecule has 0 radical (unpaired) electrons. The normalized spacial score (nSPS) is 13.3. The molecule has 0 bridgehead atoms. The predicted octanol–water partition coefficient (Wildman–Crippen LogP) is 27.0. The van der Waals surface area contributed by atoms with Crippen LogP contribution in [-0.2, 0) is 10.8 Å². The number of furan rings is 2. The van der Waals surface area contributed by atoms with Crippen molar-refractivity contribution < 1.29 is 8.83 Å². The number of nitriles is 4. The molecule has 538 valence electrons. The van der Waals surface area contributed by atoms with Gasteiger partial charge >= 0.3 is 0 Å².